The van der Waals surface area contributed by atoms with E-state index in [4.69, 9.17) is 17.3 Å². The molecule has 0 saturated carbocycles. The lowest BCUT2D eigenvalue weighted by Crippen LogP contribution is -2.52. The molecule has 1 aromatic heterocycles. The van der Waals surface area contributed by atoms with Gasteiger partial charge >= 0.3 is 0 Å². The van der Waals surface area contributed by atoms with Crippen LogP contribution in [0.25, 0.3) is 0 Å². The molecule has 2 atom stereocenters. The molecule has 2 aliphatic rings. The van der Waals surface area contributed by atoms with Crippen LogP contribution in [0, 0.1) is 0 Å². The number of aromatic nitrogens is 1. The molecule has 2 aromatic rings. The van der Waals surface area contributed by atoms with E-state index >= 15 is 0 Å². The molecule has 30 heavy (non-hydrogen) atoms. The van der Waals surface area contributed by atoms with Crippen LogP contribution < -0.4 is 11.1 Å². The average molecular weight is 429 g/mol. The van der Waals surface area contributed by atoms with Gasteiger partial charge in [0, 0.05) is 37.1 Å². The van der Waals surface area contributed by atoms with Crippen molar-refractivity contribution in [3.63, 3.8) is 0 Å². The number of hydrogen-bond donors (Lipinski definition) is 3. The Balaban J connectivity index is 1.48. The maximum atomic E-state index is 13.3. The second-order valence-corrected chi connectivity index (χ2v) is 8.32. The molecule has 0 bridgehead atoms. The summed E-state index contributed by atoms with van der Waals surface area (Å²) < 4.78 is 0. The number of aryl methyl sites for hydroxylation is 1. The van der Waals surface area contributed by atoms with Crippen molar-refractivity contribution < 1.29 is 14.7 Å². The van der Waals surface area contributed by atoms with Crippen molar-refractivity contribution in [3.05, 3.63) is 63.9 Å². The summed E-state index contributed by atoms with van der Waals surface area (Å²) in [5, 5.41) is 14.7. The third kappa shape index (κ3) is 3.69. The first-order valence-corrected chi connectivity index (χ1v) is 10.5. The van der Waals surface area contributed by atoms with Gasteiger partial charge < -0.3 is 21.1 Å². The Hall–Kier alpha value is -2.48. The van der Waals surface area contributed by atoms with Gasteiger partial charge in [-0.15, -0.1) is 0 Å². The molecule has 7 nitrogen and oxygen atoms in total. The molecule has 4 rings (SSSR count). The van der Waals surface area contributed by atoms with Crippen LogP contribution >= 0.6 is 11.6 Å². The van der Waals surface area contributed by atoms with Crippen molar-refractivity contribution in [3.8, 4) is 0 Å². The lowest BCUT2D eigenvalue weighted by Gasteiger charge is -2.32. The van der Waals surface area contributed by atoms with E-state index < -0.39 is 17.6 Å². The first-order valence-electron chi connectivity index (χ1n) is 10.2. The molecule has 1 fully saturated rings. The Kier molecular flexibility index (Phi) is 5.77. The number of pyridine rings is 1. The van der Waals surface area contributed by atoms with Crippen LogP contribution in [0.15, 0.2) is 36.7 Å². The number of carbonyl (C=O) groups excluding carboxylic acids is 2. The molecule has 1 aliphatic carbocycles. The van der Waals surface area contributed by atoms with Crippen LogP contribution in [0.3, 0.4) is 0 Å². The summed E-state index contributed by atoms with van der Waals surface area (Å²) in [6.07, 6.45) is 5.45. The molecule has 0 radical (unpaired) electrons. The number of rotatable bonds is 5. The third-order valence-electron chi connectivity index (χ3n) is 6.12. The largest absolute Gasteiger partial charge is 0.375 e. The van der Waals surface area contributed by atoms with Crippen LogP contribution in [0.1, 0.15) is 41.5 Å². The van der Waals surface area contributed by atoms with Gasteiger partial charge in [-0.3, -0.25) is 14.6 Å². The highest BCUT2D eigenvalue weighted by Crippen LogP contribution is 2.39. The van der Waals surface area contributed by atoms with E-state index in [1.54, 1.807) is 30.6 Å². The summed E-state index contributed by atoms with van der Waals surface area (Å²) in [5.41, 5.74) is 7.41. The van der Waals surface area contributed by atoms with Gasteiger partial charge in [-0.2, -0.15) is 0 Å². The lowest BCUT2D eigenvalue weighted by atomic mass is 9.94. The number of likely N-dealkylation sites (tertiary alicyclic amines) is 1. The number of nitrogens with one attached hydrogen (secondary N) is 1. The number of halogens is 1. The van der Waals surface area contributed by atoms with Gasteiger partial charge in [-0.25, -0.2) is 0 Å². The molecule has 1 aromatic carbocycles. The topological polar surface area (TPSA) is 109 Å². The SMILES string of the molecule is NCc1ccc(Cl)cc1CNC(=O)[C@@H]1CCCN1C(=O)C1(O)CCc2cnccc21. The zero-order valence-electron chi connectivity index (χ0n) is 16.6. The fourth-order valence-corrected chi connectivity index (χ4v) is 4.68. The predicted molar refractivity (Wildman–Crippen MR) is 112 cm³/mol. The second-order valence-electron chi connectivity index (χ2n) is 7.88. The van der Waals surface area contributed by atoms with Crippen LogP contribution in [-0.2, 0) is 34.7 Å². The van der Waals surface area contributed by atoms with Gasteiger partial charge in [0.05, 0.1) is 0 Å². The van der Waals surface area contributed by atoms with E-state index in [9.17, 15) is 14.7 Å². The number of amides is 2. The molecule has 1 unspecified atom stereocenters. The van der Waals surface area contributed by atoms with Crippen LogP contribution in [-0.4, -0.2) is 39.4 Å². The van der Waals surface area contributed by atoms with Crippen LogP contribution in [0.2, 0.25) is 5.02 Å². The Bertz CT molecular complexity index is 983. The molecule has 8 heteroatoms. The Labute approximate surface area is 180 Å². The van der Waals surface area contributed by atoms with E-state index in [2.05, 4.69) is 10.3 Å². The van der Waals surface area contributed by atoms with Gasteiger partial charge in [0.2, 0.25) is 5.91 Å². The van der Waals surface area contributed by atoms with Gasteiger partial charge in [0.25, 0.3) is 5.91 Å². The molecule has 0 spiro atoms. The normalized spacial score (nSPS) is 22.8. The fraction of sp³-hybridized carbons (Fsp3) is 0.409. The first kappa shape index (κ1) is 20.8. The van der Waals surface area contributed by atoms with Crippen molar-refractivity contribution in [2.75, 3.05) is 6.54 Å². The van der Waals surface area contributed by atoms with Crippen molar-refractivity contribution in [1.82, 2.24) is 15.2 Å². The van der Waals surface area contributed by atoms with Crippen molar-refractivity contribution in [2.45, 2.75) is 50.4 Å². The third-order valence-corrected chi connectivity index (χ3v) is 6.35. The Morgan fingerprint density at radius 1 is 1.33 bits per heavy atom. The molecule has 1 aliphatic heterocycles. The summed E-state index contributed by atoms with van der Waals surface area (Å²) in [6, 6.07) is 6.49. The maximum absolute atomic E-state index is 13.3. The van der Waals surface area contributed by atoms with Crippen molar-refractivity contribution >= 4 is 23.4 Å². The van der Waals surface area contributed by atoms with Gasteiger partial charge in [-0.05, 0) is 66.1 Å². The zero-order valence-corrected chi connectivity index (χ0v) is 17.4. The maximum Gasteiger partial charge on any atom is 0.259 e. The Morgan fingerprint density at radius 3 is 2.97 bits per heavy atom. The molecule has 158 valence electrons. The molecule has 2 heterocycles. The smallest absolute Gasteiger partial charge is 0.259 e. The number of hydrogen-bond acceptors (Lipinski definition) is 5. The lowest BCUT2D eigenvalue weighted by molar-refractivity contribution is -0.155. The highest BCUT2D eigenvalue weighted by Gasteiger charge is 2.49. The van der Waals surface area contributed by atoms with E-state index in [1.807, 2.05) is 6.07 Å². The van der Waals surface area contributed by atoms with Gasteiger partial charge in [-0.1, -0.05) is 17.7 Å². The predicted octanol–water partition coefficient (Wildman–Crippen LogP) is 1.63. The quantitative estimate of drug-likeness (QED) is 0.670. The number of fused-ring (bicyclic) bond motifs is 1. The summed E-state index contributed by atoms with van der Waals surface area (Å²) in [4.78, 5) is 31.8. The summed E-state index contributed by atoms with van der Waals surface area (Å²) in [5.74, 6) is -0.643. The van der Waals surface area contributed by atoms with Crippen molar-refractivity contribution in [2.24, 2.45) is 5.73 Å². The van der Waals surface area contributed by atoms with E-state index in [0.29, 0.717) is 49.4 Å². The Morgan fingerprint density at radius 2 is 2.17 bits per heavy atom. The number of carbonyl (C=O) groups is 2. The number of nitrogens with two attached hydrogens (primary N) is 1. The van der Waals surface area contributed by atoms with E-state index in [1.165, 1.54) is 4.90 Å². The summed E-state index contributed by atoms with van der Waals surface area (Å²) >= 11 is 6.07. The first-order chi connectivity index (χ1) is 14.4. The monoisotopic (exact) mass is 428 g/mol. The fourth-order valence-electron chi connectivity index (χ4n) is 4.48. The second kappa shape index (κ2) is 8.34. The summed E-state index contributed by atoms with van der Waals surface area (Å²) in [6.45, 7) is 1.08. The zero-order chi connectivity index (χ0) is 21.3. The minimum Gasteiger partial charge on any atom is -0.375 e. The molecule has 4 N–H and O–H groups in total. The minimum absolute atomic E-state index is 0.236. The number of aliphatic hydroxyl groups is 1. The highest BCUT2D eigenvalue weighted by molar-refractivity contribution is 6.30. The number of nitrogens with zero attached hydrogens (tertiary/aromatic N) is 2. The molecular weight excluding hydrogens is 404 g/mol. The molecule has 1 saturated heterocycles. The summed E-state index contributed by atoms with van der Waals surface area (Å²) in [7, 11) is 0. The van der Waals surface area contributed by atoms with Gasteiger partial charge in [0.15, 0.2) is 5.60 Å². The van der Waals surface area contributed by atoms with Crippen molar-refractivity contribution in [1.29, 1.82) is 0 Å². The van der Waals surface area contributed by atoms with Gasteiger partial charge in [0.1, 0.15) is 6.04 Å². The number of benzene rings is 1. The standard InChI is InChI=1S/C22H25ClN4O3/c23-17-4-3-14(11-24)16(10-17)13-26-20(28)19-2-1-9-27(19)21(29)22(30)7-5-15-12-25-8-6-18(15)22/h3-4,6,8,10,12,19,30H,1-2,5,7,9,11,13,24H2,(H,26,28)/t19-,22?/m0/s1. The van der Waals surface area contributed by atoms with Crippen LogP contribution in [0.5, 0.6) is 0 Å². The van der Waals surface area contributed by atoms with Crippen LogP contribution in [0.4, 0.5) is 0 Å². The molecular formula is C22H25ClN4O3. The minimum atomic E-state index is -1.60. The highest BCUT2D eigenvalue weighted by atomic mass is 35.5. The van der Waals surface area contributed by atoms with E-state index in [0.717, 1.165) is 16.7 Å². The average Bonchev–Trinajstić information content (AvgIpc) is 3.38. The van der Waals surface area contributed by atoms with E-state index in [-0.39, 0.29) is 12.5 Å². The molecule has 2 amide bonds.